The van der Waals surface area contributed by atoms with Crippen LogP contribution in [-0.2, 0) is 5.41 Å². The van der Waals surface area contributed by atoms with Crippen LogP contribution in [0.15, 0.2) is 265 Å². The molecule has 0 bridgehead atoms. The van der Waals surface area contributed by atoms with Gasteiger partial charge in [-0.3, -0.25) is 0 Å². The number of furan rings is 1. The summed E-state index contributed by atoms with van der Waals surface area (Å²) in [5.74, 6) is 0. The number of hydrogen-bond donors (Lipinski definition) is 0. The molecule has 12 aromatic carbocycles. The summed E-state index contributed by atoms with van der Waals surface area (Å²) in [7, 11) is 0. The van der Waals surface area contributed by atoms with E-state index in [4.69, 9.17) is 4.42 Å². The second kappa shape index (κ2) is 15.4. The fraction of sp³-hybridized carbons (Fsp3) is 0.0145. The van der Waals surface area contributed by atoms with Crippen LogP contribution in [0.1, 0.15) is 22.3 Å². The van der Waals surface area contributed by atoms with E-state index in [1.54, 1.807) is 0 Å². The van der Waals surface area contributed by atoms with Gasteiger partial charge in [-0.2, -0.15) is 0 Å². The molecule has 2 heteroatoms. The molecule has 0 aliphatic heterocycles. The van der Waals surface area contributed by atoms with Crippen LogP contribution >= 0.6 is 0 Å². The SMILES string of the molecule is c1ccc(-c2cccc3c2oc2ccc(-c4ccc(N(c5ccc(-c6ccc7c(ccc8ccccc87)c6)cc5)c5ccc6c(c5)C5(c7ccccc7-c7ccccc75)c5ccccc5-6)cc4)cc23)cc1. The summed E-state index contributed by atoms with van der Waals surface area (Å²) in [6.07, 6.45) is 0. The third-order valence-electron chi connectivity index (χ3n) is 15.5. The fourth-order valence-corrected chi connectivity index (χ4v) is 12.3. The van der Waals surface area contributed by atoms with Gasteiger partial charge in [-0.1, -0.05) is 206 Å². The van der Waals surface area contributed by atoms with Crippen molar-refractivity contribution in [1.29, 1.82) is 0 Å². The number of fused-ring (bicyclic) bond motifs is 16. The van der Waals surface area contributed by atoms with E-state index in [0.717, 1.165) is 61.3 Å². The van der Waals surface area contributed by atoms with Gasteiger partial charge in [-0.25, -0.2) is 0 Å². The molecule has 2 aliphatic rings. The number of nitrogens with zero attached hydrogens (tertiary/aromatic N) is 1. The highest BCUT2D eigenvalue weighted by Crippen LogP contribution is 2.63. The van der Waals surface area contributed by atoms with E-state index in [0.29, 0.717) is 0 Å². The van der Waals surface area contributed by atoms with Crippen molar-refractivity contribution in [2.24, 2.45) is 0 Å². The lowest BCUT2D eigenvalue weighted by molar-refractivity contribution is 0.670. The summed E-state index contributed by atoms with van der Waals surface area (Å²) in [6, 6.07) is 96.0. The van der Waals surface area contributed by atoms with Crippen LogP contribution in [0, 0.1) is 0 Å². The average Bonchev–Trinajstić information content (AvgIpc) is 4.08. The van der Waals surface area contributed by atoms with Gasteiger partial charge in [0.05, 0.1) is 5.41 Å². The molecule has 0 unspecified atom stereocenters. The summed E-state index contributed by atoms with van der Waals surface area (Å²) >= 11 is 0. The van der Waals surface area contributed by atoms with Gasteiger partial charge in [0.1, 0.15) is 11.2 Å². The Morgan fingerprint density at radius 2 is 0.775 bits per heavy atom. The molecule has 15 rings (SSSR count). The lowest BCUT2D eigenvalue weighted by atomic mass is 9.70. The highest BCUT2D eigenvalue weighted by Gasteiger charge is 2.51. The Morgan fingerprint density at radius 1 is 0.268 bits per heavy atom. The first-order valence-electron chi connectivity index (χ1n) is 24.6. The largest absolute Gasteiger partial charge is 0.455 e. The van der Waals surface area contributed by atoms with E-state index < -0.39 is 5.41 Å². The minimum absolute atomic E-state index is 0.451. The maximum atomic E-state index is 6.57. The van der Waals surface area contributed by atoms with E-state index in [2.05, 4.69) is 266 Å². The molecule has 2 aliphatic carbocycles. The van der Waals surface area contributed by atoms with Gasteiger partial charge < -0.3 is 9.32 Å². The molecule has 0 amide bonds. The predicted octanol–water partition coefficient (Wildman–Crippen LogP) is 18.7. The summed E-state index contributed by atoms with van der Waals surface area (Å²) in [6.45, 7) is 0. The van der Waals surface area contributed by atoms with Crippen molar-refractivity contribution >= 4 is 60.5 Å². The Morgan fingerprint density at radius 3 is 1.46 bits per heavy atom. The topological polar surface area (TPSA) is 16.4 Å². The van der Waals surface area contributed by atoms with Gasteiger partial charge in [-0.15, -0.1) is 0 Å². The van der Waals surface area contributed by atoms with E-state index in [9.17, 15) is 0 Å². The van der Waals surface area contributed by atoms with Gasteiger partial charge in [0.2, 0.25) is 0 Å². The number of benzene rings is 12. The summed E-state index contributed by atoms with van der Waals surface area (Å²) in [4.78, 5) is 2.43. The third kappa shape index (κ3) is 5.89. The van der Waals surface area contributed by atoms with Crippen molar-refractivity contribution in [3.05, 3.63) is 283 Å². The van der Waals surface area contributed by atoms with Crippen LogP contribution in [0.3, 0.4) is 0 Å². The normalized spacial score (nSPS) is 12.9. The van der Waals surface area contributed by atoms with Crippen LogP contribution in [-0.4, -0.2) is 0 Å². The quantitative estimate of drug-likeness (QED) is 0.155. The zero-order chi connectivity index (χ0) is 46.6. The summed E-state index contributed by atoms with van der Waals surface area (Å²) < 4.78 is 6.57. The summed E-state index contributed by atoms with van der Waals surface area (Å²) in [5, 5.41) is 7.30. The molecule has 71 heavy (non-hydrogen) atoms. The molecule has 0 fully saturated rings. The van der Waals surface area contributed by atoms with E-state index >= 15 is 0 Å². The van der Waals surface area contributed by atoms with Crippen LogP contribution in [0.5, 0.6) is 0 Å². The molecule has 13 aromatic rings. The fourth-order valence-electron chi connectivity index (χ4n) is 12.3. The predicted molar refractivity (Wildman–Crippen MR) is 296 cm³/mol. The van der Waals surface area contributed by atoms with Gasteiger partial charge in [0.25, 0.3) is 0 Å². The molecule has 0 N–H and O–H groups in total. The molecular weight excluding hydrogens is 859 g/mol. The third-order valence-corrected chi connectivity index (χ3v) is 15.5. The van der Waals surface area contributed by atoms with Crippen LogP contribution in [0.25, 0.3) is 99.1 Å². The first-order chi connectivity index (χ1) is 35.2. The minimum Gasteiger partial charge on any atom is -0.455 e. The second-order valence-corrected chi connectivity index (χ2v) is 19.1. The number of hydrogen-bond acceptors (Lipinski definition) is 2. The Hall–Kier alpha value is -9.24. The van der Waals surface area contributed by atoms with Crippen molar-refractivity contribution in [2.75, 3.05) is 4.90 Å². The Bertz CT molecular complexity index is 4210. The van der Waals surface area contributed by atoms with Crippen molar-refractivity contribution in [3.63, 3.8) is 0 Å². The Kier molecular flexibility index (Phi) is 8.61. The zero-order valence-electron chi connectivity index (χ0n) is 38.7. The highest BCUT2D eigenvalue weighted by atomic mass is 16.3. The van der Waals surface area contributed by atoms with Crippen molar-refractivity contribution in [3.8, 4) is 55.6 Å². The molecule has 0 saturated heterocycles. The van der Waals surface area contributed by atoms with E-state index in [1.165, 1.54) is 77.2 Å². The van der Waals surface area contributed by atoms with E-state index in [1.807, 2.05) is 0 Å². The number of rotatable bonds is 6. The standard InChI is InChI=1S/C69H43NO/c1-2-13-46(14-3-1)56-20-12-21-61-62-42-49(32-40-67(62)71-68(56)61)45-29-35-52(36-30-45)70(51-33-27-44(28-34-51)48-31-38-55-50(41-48)26-25-47-15-4-5-16-54(47)55)53-37-39-60-59-19-8-11-24-65(59)69(66(60)43-53)63-22-9-6-17-57(63)58-18-7-10-23-64(58)69/h1-43H. The number of anilines is 3. The zero-order valence-corrected chi connectivity index (χ0v) is 38.7. The lowest BCUT2D eigenvalue weighted by Crippen LogP contribution is -2.26. The van der Waals surface area contributed by atoms with Crippen LogP contribution < -0.4 is 4.90 Å². The van der Waals surface area contributed by atoms with Crippen LogP contribution in [0.4, 0.5) is 17.1 Å². The first kappa shape index (κ1) is 39.7. The smallest absolute Gasteiger partial charge is 0.143 e. The molecule has 0 radical (unpaired) electrons. The molecule has 2 nitrogen and oxygen atoms in total. The van der Waals surface area contributed by atoms with Gasteiger partial charge in [0.15, 0.2) is 0 Å². The van der Waals surface area contributed by atoms with E-state index in [-0.39, 0.29) is 0 Å². The van der Waals surface area contributed by atoms with Crippen LogP contribution in [0.2, 0.25) is 0 Å². The minimum atomic E-state index is -0.451. The Balaban J connectivity index is 0.870. The van der Waals surface area contributed by atoms with Crippen molar-refractivity contribution < 1.29 is 4.42 Å². The van der Waals surface area contributed by atoms with Gasteiger partial charge in [-0.05, 0) is 148 Å². The highest BCUT2D eigenvalue weighted by molar-refractivity contribution is 6.11. The molecule has 1 aromatic heterocycles. The monoisotopic (exact) mass is 901 g/mol. The van der Waals surface area contributed by atoms with Gasteiger partial charge in [0, 0.05) is 33.4 Å². The van der Waals surface area contributed by atoms with Crippen molar-refractivity contribution in [1.82, 2.24) is 0 Å². The maximum Gasteiger partial charge on any atom is 0.143 e. The summed E-state index contributed by atoms with van der Waals surface area (Å²) in [5.41, 5.74) is 22.1. The molecule has 0 saturated carbocycles. The second-order valence-electron chi connectivity index (χ2n) is 19.1. The molecule has 1 spiro atoms. The first-order valence-corrected chi connectivity index (χ1v) is 24.6. The van der Waals surface area contributed by atoms with Gasteiger partial charge >= 0.3 is 0 Å². The lowest BCUT2D eigenvalue weighted by Gasteiger charge is -2.32. The number of para-hydroxylation sites is 1. The average molecular weight is 902 g/mol. The Labute approximate surface area is 412 Å². The van der Waals surface area contributed by atoms with Crippen molar-refractivity contribution in [2.45, 2.75) is 5.41 Å². The molecule has 1 heterocycles. The maximum absolute atomic E-state index is 6.57. The molecular formula is C69H43NO. The molecule has 0 atom stereocenters. The molecule has 330 valence electrons.